The minimum absolute atomic E-state index is 0. The number of hydrogen-bond donors (Lipinski definition) is 0. The molecule has 0 heterocycles. The fraction of sp³-hybridized carbons (Fsp3) is 0.364. The molecule has 0 unspecified atom stereocenters. The molecule has 0 radical (unpaired) electrons. The van der Waals surface area contributed by atoms with Gasteiger partial charge in [0.1, 0.15) is 0 Å². The summed E-state index contributed by atoms with van der Waals surface area (Å²) in [7, 11) is 0. The molecule has 0 aromatic heterocycles. The van der Waals surface area contributed by atoms with Gasteiger partial charge < -0.3 is 11.8 Å². The summed E-state index contributed by atoms with van der Waals surface area (Å²) in [4.78, 5) is 1.37. The molecule has 1 saturated carbocycles. The van der Waals surface area contributed by atoms with Gasteiger partial charge in [-0.05, 0) is 4.90 Å². The molecule has 1 aliphatic carbocycles. The molecule has 0 bridgehead atoms. The summed E-state index contributed by atoms with van der Waals surface area (Å²) in [5.74, 6) is 0. The summed E-state index contributed by atoms with van der Waals surface area (Å²) in [6, 6.07) is 10.6. The zero-order chi connectivity index (χ0) is 8.60. The monoisotopic (exact) mass is 184 g/mol. The molecule has 64 valence electrons. The van der Waals surface area contributed by atoms with E-state index in [2.05, 4.69) is 44.2 Å². The number of benzene rings is 1. The molecule has 2 rings (SSSR count). The van der Waals surface area contributed by atoms with Crippen LogP contribution in [0.1, 0.15) is 20.3 Å². The summed E-state index contributed by atoms with van der Waals surface area (Å²) >= 11 is 1.93. The third-order valence-electron chi connectivity index (χ3n) is 2.22. The van der Waals surface area contributed by atoms with Crippen LogP contribution in [0.15, 0.2) is 35.2 Å². The molecule has 0 aliphatic heterocycles. The summed E-state index contributed by atoms with van der Waals surface area (Å²) in [5.41, 5.74) is 0.501. The average molecular weight is 184 g/mol. The van der Waals surface area contributed by atoms with Crippen LogP contribution in [0.3, 0.4) is 0 Å². The van der Waals surface area contributed by atoms with Crippen LogP contribution in [-0.4, -0.2) is 0 Å². The quantitative estimate of drug-likeness (QED) is 0.482. The summed E-state index contributed by atoms with van der Waals surface area (Å²) in [5, 5.41) is 1.62. The first-order valence-electron chi connectivity index (χ1n) is 4.28. The standard InChI is InChI=1S/C11H13S.Li/c1-11(2)8-10(11)12-9-6-4-3-5-7-9;/h3-7H,8H2,1-2H3;/q-1;+1. The minimum atomic E-state index is 0. The molecular weight excluding hydrogens is 171 g/mol. The molecular formula is C11H13LiS. The van der Waals surface area contributed by atoms with Crippen LogP contribution in [0.25, 0.3) is 0 Å². The maximum Gasteiger partial charge on any atom is 1.00 e. The Kier molecular flexibility index (Phi) is 3.57. The van der Waals surface area contributed by atoms with Gasteiger partial charge in [0.2, 0.25) is 0 Å². The molecule has 0 atom stereocenters. The van der Waals surface area contributed by atoms with E-state index in [1.54, 1.807) is 5.25 Å². The van der Waals surface area contributed by atoms with Crippen molar-refractivity contribution in [3.05, 3.63) is 35.6 Å². The Labute approximate surface area is 96.7 Å². The van der Waals surface area contributed by atoms with Crippen molar-refractivity contribution in [2.45, 2.75) is 25.2 Å². The first-order chi connectivity index (χ1) is 5.68. The fourth-order valence-corrected chi connectivity index (χ4v) is 2.45. The minimum Gasteiger partial charge on any atom is -0.313 e. The van der Waals surface area contributed by atoms with Crippen molar-refractivity contribution in [3.8, 4) is 0 Å². The summed E-state index contributed by atoms with van der Waals surface area (Å²) in [6.07, 6.45) is 1.28. The molecule has 2 heteroatoms. The van der Waals surface area contributed by atoms with Crippen molar-refractivity contribution >= 4 is 11.8 Å². The number of hydrogen-bond acceptors (Lipinski definition) is 1. The molecule has 0 nitrogen and oxygen atoms in total. The van der Waals surface area contributed by atoms with Gasteiger partial charge >= 0.3 is 18.9 Å². The third-order valence-corrected chi connectivity index (χ3v) is 3.67. The van der Waals surface area contributed by atoms with Crippen LogP contribution in [0.2, 0.25) is 0 Å². The molecule has 1 aliphatic rings. The van der Waals surface area contributed by atoms with E-state index < -0.39 is 0 Å². The van der Waals surface area contributed by atoms with E-state index in [9.17, 15) is 0 Å². The number of thioether (sulfide) groups is 1. The van der Waals surface area contributed by atoms with Gasteiger partial charge in [-0.1, -0.05) is 44.2 Å². The maximum absolute atomic E-state index is 2.30. The Morgan fingerprint density at radius 1 is 1.23 bits per heavy atom. The molecule has 0 amide bonds. The van der Waals surface area contributed by atoms with E-state index in [-0.39, 0.29) is 18.9 Å². The fourth-order valence-electron chi connectivity index (χ4n) is 1.16. The van der Waals surface area contributed by atoms with Crippen molar-refractivity contribution in [1.29, 1.82) is 0 Å². The summed E-state index contributed by atoms with van der Waals surface area (Å²) < 4.78 is 0. The van der Waals surface area contributed by atoms with Crippen LogP contribution in [0.5, 0.6) is 0 Å². The first-order valence-corrected chi connectivity index (χ1v) is 5.09. The van der Waals surface area contributed by atoms with Crippen LogP contribution in [-0.2, 0) is 0 Å². The second kappa shape index (κ2) is 4.13. The topological polar surface area (TPSA) is 0 Å². The maximum atomic E-state index is 2.30. The Morgan fingerprint density at radius 3 is 2.23 bits per heavy atom. The number of rotatable bonds is 2. The smallest absolute Gasteiger partial charge is 0.313 e. The molecule has 0 spiro atoms. The van der Waals surface area contributed by atoms with Crippen molar-refractivity contribution in [1.82, 2.24) is 0 Å². The molecule has 1 fully saturated rings. The van der Waals surface area contributed by atoms with Crippen molar-refractivity contribution in [2.75, 3.05) is 0 Å². The van der Waals surface area contributed by atoms with Gasteiger partial charge in [0.05, 0.1) is 0 Å². The normalized spacial score (nSPS) is 19.2. The zero-order valence-corrected chi connectivity index (χ0v) is 9.32. The van der Waals surface area contributed by atoms with Crippen LogP contribution < -0.4 is 18.9 Å². The molecule has 1 aromatic carbocycles. The van der Waals surface area contributed by atoms with E-state index in [1.807, 2.05) is 11.8 Å². The van der Waals surface area contributed by atoms with E-state index in [4.69, 9.17) is 0 Å². The van der Waals surface area contributed by atoms with Gasteiger partial charge in [-0.3, -0.25) is 5.25 Å². The molecule has 1 aromatic rings. The van der Waals surface area contributed by atoms with Crippen molar-refractivity contribution in [2.24, 2.45) is 5.41 Å². The van der Waals surface area contributed by atoms with E-state index in [0.29, 0.717) is 5.41 Å². The predicted octanol–water partition coefficient (Wildman–Crippen LogP) is 0.745. The Hall–Kier alpha value is 0.167. The molecule has 0 N–H and O–H groups in total. The molecule has 13 heavy (non-hydrogen) atoms. The summed E-state index contributed by atoms with van der Waals surface area (Å²) in [6.45, 7) is 4.61. The van der Waals surface area contributed by atoms with Gasteiger partial charge in [0.25, 0.3) is 0 Å². The molecule has 0 saturated heterocycles. The van der Waals surface area contributed by atoms with Crippen LogP contribution in [0, 0.1) is 10.7 Å². The Balaban J connectivity index is 0.000000845. The predicted molar refractivity (Wildman–Crippen MR) is 53.9 cm³/mol. The van der Waals surface area contributed by atoms with E-state index >= 15 is 0 Å². The first kappa shape index (κ1) is 11.2. The zero-order valence-electron chi connectivity index (χ0n) is 8.50. The van der Waals surface area contributed by atoms with Crippen LogP contribution >= 0.6 is 11.8 Å². The second-order valence-corrected chi connectivity index (χ2v) is 5.07. The average Bonchev–Trinajstić information content (AvgIpc) is 2.61. The van der Waals surface area contributed by atoms with Gasteiger partial charge in [0, 0.05) is 0 Å². The van der Waals surface area contributed by atoms with Gasteiger partial charge in [-0.2, -0.15) is 11.8 Å². The van der Waals surface area contributed by atoms with Gasteiger partial charge in [-0.15, -0.1) is 0 Å². The largest absolute Gasteiger partial charge is 1.00 e. The Morgan fingerprint density at radius 2 is 1.77 bits per heavy atom. The van der Waals surface area contributed by atoms with Crippen molar-refractivity contribution < 1.29 is 18.9 Å². The Bertz CT molecular complexity index is 269. The third kappa shape index (κ3) is 2.81. The second-order valence-electron chi connectivity index (χ2n) is 3.90. The van der Waals surface area contributed by atoms with Crippen molar-refractivity contribution in [3.63, 3.8) is 0 Å². The van der Waals surface area contributed by atoms with Gasteiger partial charge in [-0.25, -0.2) is 0 Å². The van der Waals surface area contributed by atoms with Crippen LogP contribution in [0.4, 0.5) is 0 Å². The van der Waals surface area contributed by atoms with E-state index in [0.717, 1.165) is 0 Å². The van der Waals surface area contributed by atoms with E-state index in [1.165, 1.54) is 11.3 Å². The SMILES string of the molecule is CC1(C)C[C-]1Sc1ccccc1.[Li+]. The van der Waals surface area contributed by atoms with Gasteiger partial charge in [0.15, 0.2) is 0 Å².